The van der Waals surface area contributed by atoms with Gasteiger partial charge in [-0.15, -0.1) is 0 Å². The molecule has 0 unspecified atom stereocenters. The van der Waals surface area contributed by atoms with Crippen molar-refractivity contribution in [2.75, 3.05) is 6.54 Å². The maximum absolute atomic E-state index is 12.5. The minimum Gasteiger partial charge on any atom is -0.481 e. The van der Waals surface area contributed by atoms with Gasteiger partial charge >= 0.3 is 12.1 Å². The SMILES string of the molecule is O=C(O)CCCNC(=O)CCCc1cccc(C(F)(F)F)c1. The third-order valence-corrected chi connectivity index (χ3v) is 3.01. The topological polar surface area (TPSA) is 66.4 Å². The number of hydrogen-bond acceptors (Lipinski definition) is 2. The van der Waals surface area contributed by atoms with Gasteiger partial charge in [-0.25, -0.2) is 0 Å². The fourth-order valence-corrected chi connectivity index (χ4v) is 1.91. The van der Waals surface area contributed by atoms with Gasteiger partial charge in [0.2, 0.25) is 5.91 Å². The first-order valence-electron chi connectivity index (χ1n) is 6.93. The van der Waals surface area contributed by atoms with E-state index in [1.165, 1.54) is 6.07 Å². The van der Waals surface area contributed by atoms with E-state index >= 15 is 0 Å². The average Bonchev–Trinajstić information content (AvgIpc) is 2.43. The Morgan fingerprint density at radius 2 is 1.86 bits per heavy atom. The maximum atomic E-state index is 12.5. The lowest BCUT2D eigenvalue weighted by Gasteiger charge is -2.09. The minimum atomic E-state index is -4.36. The van der Waals surface area contributed by atoms with Gasteiger partial charge < -0.3 is 10.4 Å². The van der Waals surface area contributed by atoms with E-state index < -0.39 is 17.7 Å². The Bertz CT molecular complexity index is 515. The van der Waals surface area contributed by atoms with E-state index in [0.717, 1.165) is 12.1 Å². The second kappa shape index (κ2) is 8.41. The van der Waals surface area contributed by atoms with Crippen LogP contribution in [0, 0.1) is 0 Å². The molecule has 0 aliphatic rings. The zero-order valence-electron chi connectivity index (χ0n) is 11.9. The standard InChI is InChI=1S/C15H18F3NO3/c16-15(17,18)12-6-1-4-11(10-12)5-2-7-13(20)19-9-3-8-14(21)22/h1,4,6,10H,2-3,5,7-9H2,(H,19,20)(H,21,22). The molecule has 0 saturated heterocycles. The number of aryl methyl sites for hydroxylation is 1. The summed E-state index contributed by atoms with van der Waals surface area (Å²) in [5, 5.41) is 11.0. The molecule has 0 spiro atoms. The van der Waals surface area contributed by atoms with Gasteiger partial charge in [-0.2, -0.15) is 13.2 Å². The van der Waals surface area contributed by atoms with Crippen molar-refractivity contribution < 1.29 is 27.9 Å². The highest BCUT2D eigenvalue weighted by Crippen LogP contribution is 2.29. The van der Waals surface area contributed by atoms with Crippen LogP contribution in [0.3, 0.4) is 0 Å². The van der Waals surface area contributed by atoms with Gasteiger partial charge in [0.25, 0.3) is 0 Å². The van der Waals surface area contributed by atoms with Crippen molar-refractivity contribution in [3.8, 4) is 0 Å². The summed E-state index contributed by atoms with van der Waals surface area (Å²) in [6.45, 7) is 0.286. The van der Waals surface area contributed by atoms with Crippen LogP contribution in [0.2, 0.25) is 0 Å². The predicted molar refractivity (Wildman–Crippen MR) is 74.3 cm³/mol. The smallest absolute Gasteiger partial charge is 0.416 e. The number of carbonyl (C=O) groups is 2. The Morgan fingerprint density at radius 3 is 2.50 bits per heavy atom. The number of rotatable bonds is 8. The number of amides is 1. The van der Waals surface area contributed by atoms with E-state index in [2.05, 4.69) is 5.32 Å². The molecule has 0 radical (unpaired) electrons. The Kier molecular flexibility index (Phi) is 6.88. The molecule has 0 aliphatic heterocycles. The lowest BCUT2D eigenvalue weighted by molar-refractivity contribution is -0.138. The third kappa shape index (κ3) is 7.10. The predicted octanol–water partition coefficient (Wildman–Crippen LogP) is 3.01. The Morgan fingerprint density at radius 1 is 1.14 bits per heavy atom. The second-order valence-corrected chi connectivity index (χ2v) is 4.90. The number of nitrogens with one attached hydrogen (secondary N) is 1. The molecule has 4 nitrogen and oxygen atoms in total. The van der Waals surface area contributed by atoms with Crippen molar-refractivity contribution in [2.45, 2.75) is 38.3 Å². The minimum absolute atomic E-state index is 0.00941. The summed E-state index contributed by atoms with van der Waals surface area (Å²) >= 11 is 0. The number of carboxylic acid groups (broad SMARTS) is 1. The largest absolute Gasteiger partial charge is 0.481 e. The molecular weight excluding hydrogens is 299 g/mol. The zero-order chi connectivity index (χ0) is 16.6. The number of carbonyl (C=O) groups excluding carboxylic acids is 1. The molecule has 122 valence electrons. The van der Waals surface area contributed by atoms with E-state index in [1.807, 2.05) is 0 Å². The van der Waals surface area contributed by atoms with Gasteiger partial charge in [-0.1, -0.05) is 18.2 Å². The summed E-state index contributed by atoms with van der Waals surface area (Å²) in [6.07, 6.45) is -3.00. The summed E-state index contributed by atoms with van der Waals surface area (Å²) in [5.74, 6) is -1.14. The summed E-state index contributed by atoms with van der Waals surface area (Å²) in [6, 6.07) is 5.05. The maximum Gasteiger partial charge on any atom is 0.416 e. The summed E-state index contributed by atoms with van der Waals surface area (Å²) in [5.41, 5.74) is -0.156. The van der Waals surface area contributed by atoms with Crippen LogP contribution in [0.4, 0.5) is 13.2 Å². The summed E-state index contributed by atoms with van der Waals surface area (Å²) in [7, 11) is 0. The van der Waals surface area contributed by atoms with Crippen LogP contribution in [0.1, 0.15) is 36.8 Å². The van der Waals surface area contributed by atoms with Gasteiger partial charge in [0.1, 0.15) is 0 Å². The van der Waals surface area contributed by atoms with Crippen molar-refractivity contribution in [2.24, 2.45) is 0 Å². The highest BCUT2D eigenvalue weighted by Gasteiger charge is 2.30. The Labute approximate surface area is 126 Å². The molecule has 0 aromatic heterocycles. The quantitative estimate of drug-likeness (QED) is 0.724. The highest BCUT2D eigenvalue weighted by molar-refractivity contribution is 5.75. The van der Waals surface area contributed by atoms with Crippen LogP contribution >= 0.6 is 0 Å². The van der Waals surface area contributed by atoms with Crippen molar-refractivity contribution in [3.05, 3.63) is 35.4 Å². The van der Waals surface area contributed by atoms with Crippen molar-refractivity contribution >= 4 is 11.9 Å². The van der Waals surface area contributed by atoms with Gasteiger partial charge in [0.05, 0.1) is 5.56 Å². The molecule has 2 N–H and O–H groups in total. The van der Waals surface area contributed by atoms with Crippen molar-refractivity contribution in [3.63, 3.8) is 0 Å². The molecule has 0 bridgehead atoms. The van der Waals surface area contributed by atoms with Crippen LogP contribution in [0.5, 0.6) is 0 Å². The monoisotopic (exact) mass is 317 g/mol. The average molecular weight is 317 g/mol. The van der Waals surface area contributed by atoms with Crippen LogP contribution in [0.15, 0.2) is 24.3 Å². The van der Waals surface area contributed by atoms with Crippen LogP contribution < -0.4 is 5.32 Å². The molecule has 0 aliphatic carbocycles. The Balaban J connectivity index is 2.29. The first kappa shape index (κ1) is 18.0. The fourth-order valence-electron chi connectivity index (χ4n) is 1.91. The Hall–Kier alpha value is -2.05. The van der Waals surface area contributed by atoms with E-state index in [0.29, 0.717) is 24.8 Å². The lowest BCUT2D eigenvalue weighted by atomic mass is 10.0. The summed E-state index contributed by atoms with van der Waals surface area (Å²) in [4.78, 5) is 21.7. The number of halogens is 3. The van der Waals surface area contributed by atoms with Gasteiger partial charge in [-0.3, -0.25) is 9.59 Å². The number of hydrogen-bond donors (Lipinski definition) is 2. The van der Waals surface area contributed by atoms with Crippen LogP contribution in [-0.2, 0) is 22.2 Å². The first-order valence-corrected chi connectivity index (χ1v) is 6.93. The number of benzene rings is 1. The second-order valence-electron chi connectivity index (χ2n) is 4.90. The number of aliphatic carboxylic acids is 1. The van der Waals surface area contributed by atoms with Gasteiger partial charge in [-0.05, 0) is 30.9 Å². The van der Waals surface area contributed by atoms with Gasteiger partial charge in [0.15, 0.2) is 0 Å². The molecule has 1 aromatic carbocycles. The van der Waals surface area contributed by atoms with E-state index in [-0.39, 0.29) is 25.3 Å². The number of carboxylic acids is 1. The van der Waals surface area contributed by atoms with Gasteiger partial charge in [0, 0.05) is 19.4 Å². The molecule has 1 aromatic rings. The first-order chi connectivity index (χ1) is 10.3. The molecule has 0 atom stereocenters. The van der Waals surface area contributed by atoms with Crippen molar-refractivity contribution in [1.82, 2.24) is 5.32 Å². The highest BCUT2D eigenvalue weighted by atomic mass is 19.4. The van der Waals surface area contributed by atoms with E-state index in [1.54, 1.807) is 6.07 Å². The van der Waals surface area contributed by atoms with E-state index in [9.17, 15) is 22.8 Å². The zero-order valence-corrected chi connectivity index (χ0v) is 11.9. The lowest BCUT2D eigenvalue weighted by Crippen LogP contribution is -2.24. The van der Waals surface area contributed by atoms with E-state index in [4.69, 9.17) is 5.11 Å². The normalized spacial score (nSPS) is 11.2. The van der Waals surface area contributed by atoms with Crippen LogP contribution in [-0.4, -0.2) is 23.5 Å². The summed E-state index contributed by atoms with van der Waals surface area (Å²) < 4.78 is 37.6. The fraction of sp³-hybridized carbons (Fsp3) is 0.467. The molecule has 0 heterocycles. The molecule has 1 amide bonds. The molecular formula is C15H18F3NO3. The molecule has 0 fully saturated rings. The molecule has 22 heavy (non-hydrogen) atoms. The molecule has 1 rings (SSSR count). The third-order valence-electron chi connectivity index (χ3n) is 3.01. The van der Waals surface area contributed by atoms with Crippen molar-refractivity contribution in [1.29, 1.82) is 0 Å². The number of alkyl halides is 3. The van der Waals surface area contributed by atoms with Crippen LogP contribution in [0.25, 0.3) is 0 Å². The molecule has 7 heteroatoms. The molecule has 0 saturated carbocycles.